The van der Waals surface area contributed by atoms with Crippen LogP contribution in [-0.4, -0.2) is 39.2 Å². The summed E-state index contributed by atoms with van der Waals surface area (Å²) >= 11 is 0. The fraction of sp³-hybridized carbons (Fsp3) is 0.524. The van der Waals surface area contributed by atoms with Crippen molar-refractivity contribution in [1.82, 2.24) is 20.2 Å². The molecule has 1 aliphatic heterocycles. The van der Waals surface area contributed by atoms with Gasteiger partial charge in [-0.25, -0.2) is 4.98 Å². The van der Waals surface area contributed by atoms with E-state index >= 15 is 0 Å². The maximum atomic E-state index is 13.9. The normalized spacial score (nSPS) is 17.6. The molecule has 0 spiro atoms. The highest BCUT2D eigenvalue weighted by atomic mass is 19.4. The Morgan fingerprint density at radius 2 is 2.03 bits per heavy atom. The van der Waals surface area contributed by atoms with Gasteiger partial charge in [0, 0.05) is 30.8 Å². The second-order valence-corrected chi connectivity index (χ2v) is 8.12. The zero-order valence-corrected chi connectivity index (χ0v) is 17.5. The second kappa shape index (κ2) is 7.97. The van der Waals surface area contributed by atoms with E-state index in [1.165, 1.54) is 0 Å². The molecule has 1 saturated heterocycles. The van der Waals surface area contributed by atoms with E-state index in [1.807, 2.05) is 6.92 Å². The molecule has 1 atom stereocenters. The van der Waals surface area contributed by atoms with E-state index in [0.29, 0.717) is 37.2 Å². The zero-order chi connectivity index (χ0) is 22.3. The van der Waals surface area contributed by atoms with Crippen molar-refractivity contribution in [3.63, 3.8) is 0 Å². The number of halogens is 3. The number of hydrogen-bond donors (Lipinski definition) is 0. The molecule has 31 heavy (non-hydrogen) atoms. The van der Waals surface area contributed by atoms with Gasteiger partial charge in [-0.1, -0.05) is 31.1 Å². The molecule has 0 aromatic carbocycles. The molecule has 1 amide bonds. The maximum Gasteiger partial charge on any atom is 0.417 e. The number of aromatic nitrogens is 3. The van der Waals surface area contributed by atoms with Crippen molar-refractivity contribution < 1.29 is 27.0 Å². The van der Waals surface area contributed by atoms with Crippen molar-refractivity contribution in [2.75, 3.05) is 13.1 Å². The number of likely N-dealkylation sites (tertiary alicyclic amines) is 1. The Labute approximate surface area is 176 Å². The molecular weight excluding hydrogens is 413 g/mol. The average Bonchev–Trinajstić information content (AvgIpc) is 3.39. The largest absolute Gasteiger partial charge is 0.417 e. The minimum atomic E-state index is -4.58. The Morgan fingerprint density at radius 1 is 1.26 bits per heavy atom. The lowest BCUT2D eigenvalue weighted by Crippen LogP contribution is -2.39. The van der Waals surface area contributed by atoms with Crippen molar-refractivity contribution in [2.45, 2.75) is 58.0 Å². The Bertz CT molecular complexity index is 1100. The molecule has 1 aliphatic rings. The predicted molar refractivity (Wildman–Crippen MR) is 105 cm³/mol. The molecule has 10 heteroatoms. The Morgan fingerprint density at radius 3 is 2.68 bits per heavy atom. The molecule has 3 aromatic heterocycles. The Hall–Kier alpha value is -2.91. The standard InChI is InChI=1S/C21H23F3N4O3/c1-4-13-8-16(30-26-13)20(29)28-7-5-6-12(10-28)18-17-14(21(22,23)24)9-15(11(2)3)25-19(17)31-27-18/h8-9,11-12H,4-7,10H2,1-3H3. The molecule has 0 bridgehead atoms. The van der Waals surface area contributed by atoms with Crippen molar-refractivity contribution in [3.05, 3.63) is 40.5 Å². The molecule has 4 rings (SSSR count). The van der Waals surface area contributed by atoms with Gasteiger partial charge in [0.2, 0.25) is 5.76 Å². The fourth-order valence-corrected chi connectivity index (χ4v) is 3.91. The van der Waals surface area contributed by atoms with E-state index < -0.39 is 17.7 Å². The van der Waals surface area contributed by atoms with Gasteiger partial charge in [0.15, 0.2) is 0 Å². The van der Waals surface area contributed by atoms with Crippen molar-refractivity contribution >= 4 is 17.0 Å². The number of piperidine rings is 1. The summed E-state index contributed by atoms with van der Waals surface area (Å²) in [5, 5.41) is 7.68. The molecule has 3 aromatic rings. The van der Waals surface area contributed by atoms with Crippen LogP contribution in [0.1, 0.15) is 78.6 Å². The third-order valence-electron chi connectivity index (χ3n) is 5.62. The zero-order valence-electron chi connectivity index (χ0n) is 17.5. The molecule has 0 radical (unpaired) electrons. The summed E-state index contributed by atoms with van der Waals surface area (Å²) in [7, 11) is 0. The first-order valence-corrected chi connectivity index (χ1v) is 10.3. The molecule has 166 valence electrons. The first-order valence-electron chi connectivity index (χ1n) is 10.3. The number of carbonyl (C=O) groups excluding carboxylic acids is 1. The fourth-order valence-electron chi connectivity index (χ4n) is 3.91. The topological polar surface area (TPSA) is 85.3 Å². The van der Waals surface area contributed by atoms with Crippen LogP contribution in [0.5, 0.6) is 0 Å². The van der Waals surface area contributed by atoms with Gasteiger partial charge in [-0.3, -0.25) is 4.79 Å². The summed E-state index contributed by atoms with van der Waals surface area (Å²) in [6.07, 6.45) is -2.73. The molecule has 0 N–H and O–H groups in total. The van der Waals surface area contributed by atoms with Crippen LogP contribution in [0, 0.1) is 0 Å². The number of nitrogens with zero attached hydrogens (tertiary/aromatic N) is 4. The minimum Gasteiger partial charge on any atom is -0.351 e. The number of hydrogen-bond acceptors (Lipinski definition) is 6. The van der Waals surface area contributed by atoms with Gasteiger partial charge < -0.3 is 13.9 Å². The van der Waals surface area contributed by atoms with Crippen molar-refractivity contribution in [3.8, 4) is 0 Å². The predicted octanol–water partition coefficient (Wildman–Crippen LogP) is 4.94. The van der Waals surface area contributed by atoms with Crippen LogP contribution in [0.3, 0.4) is 0 Å². The Balaban J connectivity index is 1.69. The van der Waals surface area contributed by atoms with Gasteiger partial charge >= 0.3 is 6.18 Å². The molecule has 0 aliphatic carbocycles. The highest BCUT2D eigenvalue weighted by Crippen LogP contribution is 2.40. The molecule has 1 fully saturated rings. The van der Waals surface area contributed by atoms with Crippen molar-refractivity contribution in [2.24, 2.45) is 0 Å². The molecule has 4 heterocycles. The lowest BCUT2D eigenvalue weighted by Gasteiger charge is -2.31. The summed E-state index contributed by atoms with van der Waals surface area (Å²) in [6.45, 7) is 6.13. The van der Waals surface area contributed by atoms with Gasteiger partial charge in [-0.05, 0) is 31.2 Å². The maximum absolute atomic E-state index is 13.9. The van der Waals surface area contributed by atoms with Crippen LogP contribution in [-0.2, 0) is 12.6 Å². The van der Waals surface area contributed by atoms with E-state index in [1.54, 1.807) is 24.8 Å². The summed E-state index contributed by atoms with van der Waals surface area (Å²) in [5.41, 5.74) is 0.222. The van der Waals surface area contributed by atoms with Crippen LogP contribution < -0.4 is 0 Å². The summed E-state index contributed by atoms with van der Waals surface area (Å²) in [6, 6.07) is 2.66. The Kier molecular flexibility index (Phi) is 5.49. The number of alkyl halides is 3. The summed E-state index contributed by atoms with van der Waals surface area (Å²) in [4.78, 5) is 18.6. The highest BCUT2D eigenvalue weighted by molar-refractivity contribution is 5.91. The van der Waals surface area contributed by atoms with Crippen LogP contribution in [0.2, 0.25) is 0 Å². The monoisotopic (exact) mass is 436 g/mol. The number of aryl methyl sites for hydroxylation is 1. The average molecular weight is 436 g/mol. The van der Waals surface area contributed by atoms with Crippen molar-refractivity contribution in [1.29, 1.82) is 0 Å². The third kappa shape index (κ3) is 4.03. The smallest absolute Gasteiger partial charge is 0.351 e. The van der Waals surface area contributed by atoms with Gasteiger partial charge in [0.25, 0.3) is 11.6 Å². The van der Waals surface area contributed by atoms with Crippen LogP contribution >= 0.6 is 0 Å². The second-order valence-electron chi connectivity index (χ2n) is 8.12. The summed E-state index contributed by atoms with van der Waals surface area (Å²) in [5.74, 6) is -0.806. The highest BCUT2D eigenvalue weighted by Gasteiger charge is 2.38. The first-order chi connectivity index (χ1) is 14.7. The number of carbonyl (C=O) groups is 1. The van der Waals surface area contributed by atoms with E-state index in [4.69, 9.17) is 9.05 Å². The van der Waals surface area contributed by atoms with E-state index in [9.17, 15) is 18.0 Å². The quantitative estimate of drug-likeness (QED) is 0.576. The van der Waals surface area contributed by atoms with Crippen LogP contribution in [0.4, 0.5) is 13.2 Å². The lowest BCUT2D eigenvalue weighted by atomic mass is 9.91. The minimum absolute atomic E-state index is 0.121. The van der Waals surface area contributed by atoms with E-state index in [-0.39, 0.29) is 40.9 Å². The number of amides is 1. The van der Waals surface area contributed by atoms with Crippen LogP contribution in [0.25, 0.3) is 11.1 Å². The SMILES string of the molecule is CCc1cc(C(=O)N2CCCC(c3noc4nc(C(C)C)cc(C(F)(F)F)c34)C2)on1. The molecule has 7 nitrogen and oxygen atoms in total. The number of fused-ring (bicyclic) bond motifs is 1. The van der Waals surface area contributed by atoms with Gasteiger partial charge in [0.05, 0.1) is 22.3 Å². The molecule has 0 saturated carbocycles. The first kappa shape index (κ1) is 21.3. The van der Waals surface area contributed by atoms with Gasteiger partial charge in [-0.15, -0.1) is 0 Å². The number of pyridine rings is 1. The van der Waals surface area contributed by atoms with Gasteiger partial charge in [-0.2, -0.15) is 13.2 Å². The lowest BCUT2D eigenvalue weighted by molar-refractivity contribution is -0.136. The third-order valence-corrected chi connectivity index (χ3v) is 5.62. The molecule has 1 unspecified atom stereocenters. The van der Waals surface area contributed by atoms with E-state index in [0.717, 1.165) is 6.07 Å². The summed E-state index contributed by atoms with van der Waals surface area (Å²) < 4.78 is 52.0. The molecular formula is C21H23F3N4O3. The van der Waals surface area contributed by atoms with Gasteiger partial charge in [0.1, 0.15) is 0 Å². The number of rotatable bonds is 4. The van der Waals surface area contributed by atoms with E-state index in [2.05, 4.69) is 15.3 Å². The van der Waals surface area contributed by atoms with Crippen LogP contribution in [0.15, 0.2) is 21.2 Å².